The van der Waals surface area contributed by atoms with Crippen LogP contribution in [-0.4, -0.2) is 35.2 Å². The van der Waals surface area contributed by atoms with Crippen molar-refractivity contribution in [2.45, 2.75) is 44.3 Å². The van der Waals surface area contributed by atoms with Crippen LogP contribution in [0.5, 0.6) is 5.75 Å². The van der Waals surface area contributed by atoms with Gasteiger partial charge in [0, 0.05) is 14.2 Å². The summed E-state index contributed by atoms with van der Waals surface area (Å²) in [7, 11) is 5.08. The zero-order valence-corrected chi connectivity index (χ0v) is 12.0. The molecule has 19 heavy (non-hydrogen) atoms. The lowest BCUT2D eigenvalue weighted by atomic mass is 9.82. The molecule has 2 unspecified atom stereocenters. The molecule has 1 N–H and O–H groups in total. The van der Waals surface area contributed by atoms with Crippen molar-refractivity contribution in [3.63, 3.8) is 0 Å². The third-order valence-electron chi connectivity index (χ3n) is 4.15. The number of aryl methyl sites for hydroxylation is 1. The minimum absolute atomic E-state index is 0.190. The monoisotopic (exact) mass is 268 g/mol. The Balaban J connectivity index is 2.19. The molecule has 0 aromatic carbocycles. The average Bonchev–Trinajstić information content (AvgIpc) is 2.81. The topological polar surface area (TPSA) is 56.5 Å². The molecule has 1 aromatic rings. The molecule has 0 aliphatic heterocycles. The first-order valence-corrected chi connectivity index (χ1v) is 6.95. The molecular weight excluding hydrogens is 244 g/mol. The molecular formula is C14H24N2O3. The lowest BCUT2D eigenvalue weighted by molar-refractivity contribution is -0.0596. The number of aliphatic hydroxyl groups excluding tert-OH is 1. The van der Waals surface area contributed by atoms with Gasteiger partial charge in [0.15, 0.2) is 5.75 Å². The van der Waals surface area contributed by atoms with Gasteiger partial charge in [0.25, 0.3) is 0 Å². The fourth-order valence-corrected chi connectivity index (χ4v) is 3.12. The highest BCUT2D eigenvalue weighted by Crippen LogP contribution is 2.36. The molecule has 1 saturated carbocycles. The van der Waals surface area contributed by atoms with Crippen LogP contribution >= 0.6 is 0 Å². The van der Waals surface area contributed by atoms with E-state index in [0.29, 0.717) is 17.4 Å². The second-order valence-corrected chi connectivity index (χ2v) is 5.27. The molecule has 0 saturated heterocycles. The Labute approximate surface area is 114 Å². The van der Waals surface area contributed by atoms with Gasteiger partial charge in [-0.15, -0.1) is 0 Å². The minimum Gasteiger partial charge on any atom is -0.493 e. The Morgan fingerprint density at radius 2 is 2.00 bits per heavy atom. The third kappa shape index (κ3) is 2.92. The summed E-state index contributed by atoms with van der Waals surface area (Å²) in [6, 6.07) is 0. The molecule has 0 radical (unpaired) electrons. The Morgan fingerprint density at radius 1 is 1.32 bits per heavy atom. The van der Waals surface area contributed by atoms with Crippen LogP contribution in [0.15, 0.2) is 6.20 Å². The van der Waals surface area contributed by atoms with Gasteiger partial charge in [-0.3, -0.25) is 4.68 Å². The van der Waals surface area contributed by atoms with Gasteiger partial charge in [0.05, 0.1) is 19.4 Å². The van der Waals surface area contributed by atoms with Gasteiger partial charge in [-0.2, -0.15) is 5.10 Å². The van der Waals surface area contributed by atoms with Crippen molar-refractivity contribution in [2.24, 2.45) is 13.0 Å². The third-order valence-corrected chi connectivity index (χ3v) is 4.15. The molecule has 0 spiro atoms. The van der Waals surface area contributed by atoms with Crippen LogP contribution in [0.1, 0.15) is 43.9 Å². The number of aliphatic hydroxyl groups is 1. The maximum Gasteiger partial charge on any atom is 0.162 e. The van der Waals surface area contributed by atoms with Crippen molar-refractivity contribution in [3.8, 4) is 5.75 Å². The predicted molar refractivity (Wildman–Crippen MR) is 72.1 cm³/mol. The molecule has 1 fully saturated rings. The van der Waals surface area contributed by atoms with Crippen molar-refractivity contribution < 1.29 is 14.6 Å². The van der Waals surface area contributed by atoms with Crippen molar-refractivity contribution in [3.05, 3.63) is 11.9 Å². The quantitative estimate of drug-likeness (QED) is 0.888. The van der Waals surface area contributed by atoms with Crippen LogP contribution in [-0.2, 0) is 11.8 Å². The summed E-state index contributed by atoms with van der Waals surface area (Å²) in [5.74, 6) is 1.03. The normalized spacial score (nSPS) is 20.2. The van der Waals surface area contributed by atoms with Crippen LogP contribution < -0.4 is 4.74 Å². The minimum atomic E-state index is -0.699. The predicted octanol–water partition coefficient (Wildman–Crippen LogP) is 2.06. The second kappa shape index (κ2) is 6.39. The van der Waals surface area contributed by atoms with E-state index in [1.807, 2.05) is 7.05 Å². The SMILES string of the molecule is COc1cnn(C)c1C(O)C(OC)C1CCCCC1. The fraction of sp³-hybridized carbons (Fsp3) is 0.786. The van der Waals surface area contributed by atoms with Crippen molar-refractivity contribution in [1.82, 2.24) is 9.78 Å². The van der Waals surface area contributed by atoms with E-state index in [4.69, 9.17) is 9.47 Å². The molecule has 1 heterocycles. The van der Waals surface area contributed by atoms with Crippen LogP contribution in [0.3, 0.4) is 0 Å². The Morgan fingerprint density at radius 3 is 2.58 bits per heavy atom. The zero-order chi connectivity index (χ0) is 13.8. The number of hydrogen-bond acceptors (Lipinski definition) is 4. The Bertz CT molecular complexity index is 399. The summed E-state index contributed by atoms with van der Waals surface area (Å²) in [5.41, 5.74) is 0.694. The number of ether oxygens (including phenoxy) is 2. The molecule has 108 valence electrons. The first-order chi connectivity index (χ1) is 9.19. The van der Waals surface area contributed by atoms with Crippen LogP contribution in [0.4, 0.5) is 0 Å². The van der Waals surface area contributed by atoms with E-state index in [-0.39, 0.29) is 6.10 Å². The standard InChI is InChI=1S/C14H24N2O3/c1-16-12(11(18-2)9-15-16)13(17)14(19-3)10-7-5-4-6-8-10/h9-10,13-14,17H,4-8H2,1-3H3. The molecule has 1 aromatic heterocycles. The lowest BCUT2D eigenvalue weighted by Crippen LogP contribution is -2.32. The zero-order valence-electron chi connectivity index (χ0n) is 12.0. The van der Waals surface area contributed by atoms with Gasteiger partial charge in [0.2, 0.25) is 0 Å². The highest BCUT2D eigenvalue weighted by Gasteiger charge is 2.33. The molecule has 2 atom stereocenters. The number of rotatable bonds is 5. The van der Waals surface area contributed by atoms with Crippen molar-refractivity contribution >= 4 is 0 Å². The molecule has 0 bridgehead atoms. The van der Waals surface area contributed by atoms with E-state index < -0.39 is 6.10 Å². The highest BCUT2D eigenvalue weighted by atomic mass is 16.5. The van der Waals surface area contributed by atoms with E-state index >= 15 is 0 Å². The smallest absolute Gasteiger partial charge is 0.162 e. The largest absolute Gasteiger partial charge is 0.493 e. The first-order valence-electron chi connectivity index (χ1n) is 6.95. The second-order valence-electron chi connectivity index (χ2n) is 5.27. The Hall–Kier alpha value is -1.07. The summed E-state index contributed by atoms with van der Waals surface area (Å²) >= 11 is 0. The van der Waals surface area contributed by atoms with E-state index in [0.717, 1.165) is 12.8 Å². The van der Waals surface area contributed by atoms with Gasteiger partial charge >= 0.3 is 0 Å². The van der Waals surface area contributed by atoms with Crippen molar-refractivity contribution in [2.75, 3.05) is 14.2 Å². The fourth-order valence-electron chi connectivity index (χ4n) is 3.12. The molecule has 5 heteroatoms. The van der Waals surface area contributed by atoms with Crippen molar-refractivity contribution in [1.29, 1.82) is 0 Å². The Kier molecular flexibility index (Phi) is 4.82. The van der Waals surface area contributed by atoms with Gasteiger partial charge < -0.3 is 14.6 Å². The first kappa shape index (κ1) is 14.3. The summed E-state index contributed by atoms with van der Waals surface area (Å²) in [5, 5.41) is 14.8. The van der Waals surface area contributed by atoms with Crippen LogP contribution in [0, 0.1) is 5.92 Å². The molecule has 2 rings (SSSR count). The van der Waals surface area contributed by atoms with E-state index in [9.17, 15) is 5.11 Å². The average molecular weight is 268 g/mol. The highest BCUT2D eigenvalue weighted by molar-refractivity contribution is 5.28. The van der Waals surface area contributed by atoms with Gasteiger partial charge in [0.1, 0.15) is 11.8 Å². The van der Waals surface area contributed by atoms with Crippen LogP contribution in [0.25, 0.3) is 0 Å². The van der Waals surface area contributed by atoms with Crippen LogP contribution in [0.2, 0.25) is 0 Å². The van der Waals surface area contributed by atoms with E-state index in [2.05, 4.69) is 5.10 Å². The number of aromatic nitrogens is 2. The molecule has 1 aliphatic carbocycles. The number of nitrogens with zero attached hydrogens (tertiary/aromatic N) is 2. The number of methoxy groups -OCH3 is 2. The van der Waals surface area contributed by atoms with Gasteiger partial charge in [-0.05, 0) is 18.8 Å². The van der Waals surface area contributed by atoms with Gasteiger partial charge in [-0.1, -0.05) is 19.3 Å². The maximum atomic E-state index is 10.6. The number of hydrogen-bond donors (Lipinski definition) is 1. The molecule has 0 amide bonds. The summed E-state index contributed by atoms with van der Waals surface area (Å²) in [6.45, 7) is 0. The summed E-state index contributed by atoms with van der Waals surface area (Å²) in [6.07, 6.45) is 6.72. The lowest BCUT2D eigenvalue weighted by Gasteiger charge is -2.32. The maximum absolute atomic E-state index is 10.6. The van der Waals surface area contributed by atoms with Gasteiger partial charge in [-0.25, -0.2) is 0 Å². The summed E-state index contributed by atoms with van der Waals surface area (Å²) < 4.78 is 12.5. The van der Waals surface area contributed by atoms with E-state index in [1.165, 1.54) is 19.3 Å². The summed E-state index contributed by atoms with van der Waals surface area (Å²) in [4.78, 5) is 0. The molecule has 1 aliphatic rings. The molecule has 5 nitrogen and oxygen atoms in total. The van der Waals surface area contributed by atoms with E-state index in [1.54, 1.807) is 25.1 Å².